The van der Waals surface area contributed by atoms with Gasteiger partial charge in [0.05, 0.1) is 18.4 Å². The minimum Gasteiger partial charge on any atom is -0.496 e. The molecule has 0 aliphatic carbocycles. The number of anilines is 1. The number of ketones is 1. The molecule has 0 aliphatic heterocycles. The van der Waals surface area contributed by atoms with Crippen LogP contribution in [0.4, 0.5) is 5.69 Å². The summed E-state index contributed by atoms with van der Waals surface area (Å²) in [5.41, 5.74) is 1.58. The highest BCUT2D eigenvalue weighted by molar-refractivity contribution is 7.09. The monoisotopic (exact) mass is 289 g/mol. The van der Waals surface area contributed by atoms with Gasteiger partial charge in [0.1, 0.15) is 5.75 Å². The molecule has 0 bridgehead atoms. The van der Waals surface area contributed by atoms with E-state index in [1.807, 2.05) is 25.2 Å². The van der Waals surface area contributed by atoms with Crippen LogP contribution in [0.25, 0.3) is 0 Å². The number of Topliss-reactive ketones (excluding diaryl/α,β-unsaturated/α-hetero) is 1. The maximum Gasteiger partial charge on any atom is 0.165 e. The highest BCUT2D eigenvalue weighted by Gasteiger charge is 2.16. The largest absolute Gasteiger partial charge is 0.496 e. The molecule has 1 heterocycles. The number of hydrogen-bond acceptors (Lipinski definition) is 4. The first kappa shape index (κ1) is 14.6. The molecule has 1 aromatic heterocycles. The number of ether oxygens (including phenoxy) is 1. The van der Waals surface area contributed by atoms with Crippen molar-refractivity contribution in [2.24, 2.45) is 0 Å². The molecular weight excluding hydrogens is 270 g/mol. The summed E-state index contributed by atoms with van der Waals surface area (Å²) in [5, 5.41) is 2.09. The molecule has 0 fully saturated rings. The molecule has 4 heteroatoms. The van der Waals surface area contributed by atoms with Crippen LogP contribution in [0.5, 0.6) is 5.75 Å². The molecule has 0 radical (unpaired) electrons. The number of benzene rings is 1. The van der Waals surface area contributed by atoms with Crippen molar-refractivity contribution in [3.63, 3.8) is 0 Å². The Morgan fingerprint density at radius 2 is 2.10 bits per heavy atom. The van der Waals surface area contributed by atoms with Crippen molar-refractivity contribution in [1.82, 2.24) is 0 Å². The van der Waals surface area contributed by atoms with Crippen molar-refractivity contribution in [3.8, 4) is 5.75 Å². The molecule has 1 aromatic carbocycles. The first-order valence-corrected chi connectivity index (χ1v) is 7.43. The van der Waals surface area contributed by atoms with Gasteiger partial charge in [0.25, 0.3) is 0 Å². The molecular formula is C16H19NO2S. The predicted octanol–water partition coefficient (Wildman–Crippen LogP) is 3.64. The Bertz CT molecular complexity index is 578. The van der Waals surface area contributed by atoms with Crippen molar-refractivity contribution in [2.75, 3.05) is 25.6 Å². The first-order valence-electron chi connectivity index (χ1n) is 6.55. The lowest BCUT2D eigenvalue weighted by atomic mass is 10.1. The number of carbonyl (C=O) groups is 1. The van der Waals surface area contributed by atoms with E-state index in [9.17, 15) is 4.79 Å². The lowest BCUT2D eigenvalue weighted by molar-refractivity contribution is 0.101. The minimum absolute atomic E-state index is 0.0282. The van der Waals surface area contributed by atoms with Crippen molar-refractivity contribution in [3.05, 3.63) is 46.2 Å². The van der Waals surface area contributed by atoms with Gasteiger partial charge in [-0.3, -0.25) is 4.79 Å². The molecule has 0 saturated carbocycles. The molecule has 0 atom stereocenters. The van der Waals surface area contributed by atoms with Gasteiger partial charge in [-0.15, -0.1) is 11.3 Å². The zero-order chi connectivity index (χ0) is 14.5. The Labute approximate surface area is 123 Å². The van der Waals surface area contributed by atoms with E-state index in [0.29, 0.717) is 11.3 Å². The summed E-state index contributed by atoms with van der Waals surface area (Å²) in [7, 11) is 3.60. The fourth-order valence-corrected chi connectivity index (χ4v) is 2.91. The minimum atomic E-state index is 0.0282. The second kappa shape index (κ2) is 6.57. The zero-order valence-electron chi connectivity index (χ0n) is 12.1. The topological polar surface area (TPSA) is 29.5 Å². The van der Waals surface area contributed by atoms with Crippen LogP contribution in [-0.4, -0.2) is 26.5 Å². The normalized spacial score (nSPS) is 10.3. The summed E-state index contributed by atoms with van der Waals surface area (Å²) in [6.45, 7) is 2.45. The number of rotatable bonds is 6. The second-order valence-electron chi connectivity index (χ2n) is 4.66. The molecule has 2 aromatic rings. The summed E-state index contributed by atoms with van der Waals surface area (Å²) in [6.07, 6.45) is 0.975. The predicted molar refractivity (Wildman–Crippen MR) is 84.3 cm³/mol. The van der Waals surface area contributed by atoms with Crippen LogP contribution in [0.1, 0.15) is 22.2 Å². The number of hydrogen-bond donors (Lipinski definition) is 0. The maximum absolute atomic E-state index is 11.9. The number of methoxy groups -OCH3 is 1. The van der Waals surface area contributed by atoms with E-state index in [4.69, 9.17) is 4.74 Å². The summed E-state index contributed by atoms with van der Waals surface area (Å²) in [5.74, 6) is 0.665. The smallest absolute Gasteiger partial charge is 0.165 e. The highest BCUT2D eigenvalue weighted by atomic mass is 32.1. The van der Waals surface area contributed by atoms with Crippen LogP contribution >= 0.6 is 11.3 Å². The van der Waals surface area contributed by atoms with Crippen LogP contribution in [0, 0.1) is 0 Å². The van der Waals surface area contributed by atoms with Gasteiger partial charge in [-0.2, -0.15) is 0 Å². The fourth-order valence-electron chi connectivity index (χ4n) is 2.21. The van der Waals surface area contributed by atoms with Crippen LogP contribution in [0.15, 0.2) is 35.7 Å². The highest BCUT2D eigenvalue weighted by Crippen LogP contribution is 2.29. The van der Waals surface area contributed by atoms with E-state index in [1.54, 1.807) is 25.4 Å². The summed E-state index contributed by atoms with van der Waals surface area (Å²) >= 11 is 1.76. The van der Waals surface area contributed by atoms with Gasteiger partial charge in [-0.1, -0.05) is 12.1 Å². The fraction of sp³-hybridized carbons (Fsp3) is 0.312. The maximum atomic E-state index is 11.9. The number of nitrogens with zero attached hydrogens (tertiary/aromatic N) is 1. The average molecular weight is 289 g/mol. The van der Waals surface area contributed by atoms with Crippen molar-refractivity contribution < 1.29 is 9.53 Å². The Balaban J connectivity index is 2.20. The van der Waals surface area contributed by atoms with Crippen molar-refractivity contribution in [2.45, 2.75) is 13.3 Å². The molecule has 0 unspecified atom stereocenters. The van der Waals surface area contributed by atoms with E-state index < -0.39 is 0 Å². The van der Waals surface area contributed by atoms with E-state index >= 15 is 0 Å². The molecule has 106 valence electrons. The average Bonchev–Trinajstić information content (AvgIpc) is 2.96. The number of likely N-dealkylation sites (N-methyl/N-ethyl adjacent to an activating group) is 1. The van der Waals surface area contributed by atoms with Gasteiger partial charge in [0, 0.05) is 18.5 Å². The lowest BCUT2D eigenvalue weighted by Crippen LogP contribution is -2.22. The van der Waals surface area contributed by atoms with Gasteiger partial charge in [-0.25, -0.2) is 0 Å². The number of thiophene rings is 1. The Morgan fingerprint density at radius 1 is 1.30 bits per heavy atom. The Morgan fingerprint density at radius 3 is 2.70 bits per heavy atom. The Hall–Kier alpha value is -1.81. The number of carbonyl (C=O) groups excluding carboxylic acids is 1. The third-order valence-electron chi connectivity index (χ3n) is 3.26. The van der Waals surface area contributed by atoms with E-state index in [-0.39, 0.29) is 5.78 Å². The van der Waals surface area contributed by atoms with Crippen LogP contribution < -0.4 is 9.64 Å². The van der Waals surface area contributed by atoms with Gasteiger partial charge < -0.3 is 9.64 Å². The van der Waals surface area contributed by atoms with E-state index in [2.05, 4.69) is 22.4 Å². The molecule has 2 rings (SSSR count). The summed E-state index contributed by atoms with van der Waals surface area (Å²) in [4.78, 5) is 15.3. The molecule has 0 N–H and O–H groups in total. The van der Waals surface area contributed by atoms with E-state index in [0.717, 1.165) is 18.7 Å². The third-order valence-corrected chi connectivity index (χ3v) is 4.20. The van der Waals surface area contributed by atoms with Crippen molar-refractivity contribution in [1.29, 1.82) is 0 Å². The van der Waals surface area contributed by atoms with Crippen LogP contribution in [0.2, 0.25) is 0 Å². The van der Waals surface area contributed by atoms with Gasteiger partial charge in [0.15, 0.2) is 5.78 Å². The van der Waals surface area contributed by atoms with Crippen molar-refractivity contribution >= 4 is 22.8 Å². The van der Waals surface area contributed by atoms with Gasteiger partial charge in [0.2, 0.25) is 0 Å². The third kappa shape index (κ3) is 3.20. The molecule has 0 saturated heterocycles. The standard InChI is InChI=1S/C16H19NO2S/c1-12(18)16-14(7-4-8-15(16)19-3)17(2)10-9-13-6-5-11-20-13/h4-8,11H,9-10H2,1-3H3. The molecule has 20 heavy (non-hydrogen) atoms. The zero-order valence-corrected chi connectivity index (χ0v) is 12.9. The van der Waals surface area contributed by atoms with Crippen LogP contribution in [-0.2, 0) is 6.42 Å². The quantitative estimate of drug-likeness (QED) is 0.760. The molecule has 3 nitrogen and oxygen atoms in total. The SMILES string of the molecule is COc1cccc(N(C)CCc2cccs2)c1C(C)=O. The van der Waals surface area contributed by atoms with Gasteiger partial charge in [-0.05, 0) is 36.9 Å². The molecule has 0 aliphatic rings. The summed E-state index contributed by atoms with van der Waals surface area (Å²) in [6, 6.07) is 9.91. The lowest BCUT2D eigenvalue weighted by Gasteiger charge is -2.22. The van der Waals surface area contributed by atoms with Crippen LogP contribution in [0.3, 0.4) is 0 Å². The molecule has 0 amide bonds. The second-order valence-corrected chi connectivity index (χ2v) is 5.69. The first-order chi connectivity index (χ1) is 9.63. The Kier molecular flexibility index (Phi) is 4.79. The van der Waals surface area contributed by atoms with E-state index in [1.165, 1.54) is 4.88 Å². The molecule has 0 spiro atoms. The summed E-state index contributed by atoms with van der Waals surface area (Å²) < 4.78 is 5.30. The van der Waals surface area contributed by atoms with Gasteiger partial charge >= 0.3 is 0 Å².